The lowest BCUT2D eigenvalue weighted by Gasteiger charge is -2.18. The summed E-state index contributed by atoms with van der Waals surface area (Å²) in [5, 5.41) is 2.51. The van der Waals surface area contributed by atoms with E-state index in [0.29, 0.717) is 5.92 Å². The van der Waals surface area contributed by atoms with Crippen LogP contribution in [0.15, 0.2) is 65.3 Å². The van der Waals surface area contributed by atoms with Gasteiger partial charge in [0.05, 0.1) is 0 Å². The van der Waals surface area contributed by atoms with Gasteiger partial charge in [0.15, 0.2) is 0 Å². The minimum absolute atomic E-state index is 0.250. The standard InChI is InChI=1S/C18H15Br2N/c1-12(17-4-2-3-9-21-17)18(20)15-6-5-14-11-16(19)8-7-13(14)10-15/h2-12,18H,1H3. The molecule has 0 aliphatic carbocycles. The molecule has 0 N–H and O–H groups in total. The SMILES string of the molecule is CC(c1ccccn1)C(Br)c1ccc2cc(Br)ccc2c1. The summed E-state index contributed by atoms with van der Waals surface area (Å²) in [6.07, 6.45) is 1.85. The molecule has 2 aromatic carbocycles. The number of hydrogen-bond acceptors (Lipinski definition) is 1. The zero-order valence-electron chi connectivity index (χ0n) is 11.6. The van der Waals surface area contributed by atoms with Crippen LogP contribution in [0.3, 0.4) is 0 Å². The molecule has 1 heterocycles. The van der Waals surface area contributed by atoms with E-state index in [1.54, 1.807) is 0 Å². The van der Waals surface area contributed by atoms with E-state index in [9.17, 15) is 0 Å². The van der Waals surface area contributed by atoms with Gasteiger partial charge in [-0.15, -0.1) is 0 Å². The second-order valence-corrected chi connectivity index (χ2v) is 7.10. The topological polar surface area (TPSA) is 12.9 Å². The van der Waals surface area contributed by atoms with E-state index in [1.165, 1.54) is 16.3 Å². The number of pyridine rings is 1. The summed E-state index contributed by atoms with van der Waals surface area (Å²) in [6.45, 7) is 2.20. The van der Waals surface area contributed by atoms with E-state index in [1.807, 2.05) is 18.3 Å². The minimum atomic E-state index is 0.250. The number of aromatic nitrogens is 1. The molecule has 0 fully saturated rings. The van der Waals surface area contributed by atoms with E-state index in [0.717, 1.165) is 10.2 Å². The predicted octanol–water partition coefficient (Wildman–Crippen LogP) is 6.24. The third kappa shape index (κ3) is 3.19. The number of halogens is 2. The maximum absolute atomic E-state index is 4.46. The normalized spacial score (nSPS) is 14.0. The number of hydrogen-bond donors (Lipinski definition) is 0. The lowest BCUT2D eigenvalue weighted by atomic mass is 9.95. The van der Waals surface area contributed by atoms with E-state index in [4.69, 9.17) is 0 Å². The molecule has 1 aromatic heterocycles. The fraction of sp³-hybridized carbons (Fsp3) is 0.167. The molecular weight excluding hydrogens is 390 g/mol. The van der Waals surface area contributed by atoms with Crippen LogP contribution in [0.4, 0.5) is 0 Å². The van der Waals surface area contributed by atoms with Gasteiger partial charge >= 0.3 is 0 Å². The number of alkyl halides is 1. The second-order valence-electron chi connectivity index (χ2n) is 5.20. The zero-order chi connectivity index (χ0) is 14.8. The van der Waals surface area contributed by atoms with Gasteiger partial charge in [0.25, 0.3) is 0 Å². The van der Waals surface area contributed by atoms with E-state index in [-0.39, 0.29) is 4.83 Å². The minimum Gasteiger partial charge on any atom is -0.261 e. The van der Waals surface area contributed by atoms with Crippen molar-refractivity contribution in [2.24, 2.45) is 0 Å². The Morgan fingerprint density at radius 3 is 2.48 bits per heavy atom. The maximum Gasteiger partial charge on any atom is 0.0476 e. The van der Waals surface area contributed by atoms with Gasteiger partial charge in [0, 0.05) is 27.1 Å². The number of rotatable bonds is 3. The molecular formula is C18H15Br2N. The summed E-state index contributed by atoms with van der Waals surface area (Å²) in [5.74, 6) is 0.319. The first-order chi connectivity index (χ1) is 10.1. The Labute approximate surface area is 141 Å². The molecule has 3 heteroatoms. The van der Waals surface area contributed by atoms with Gasteiger partial charge in [-0.1, -0.05) is 63.0 Å². The Kier molecular flexibility index (Phi) is 4.41. The first-order valence-electron chi connectivity index (χ1n) is 6.89. The first kappa shape index (κ1) is 14.7. The Morgan fingerprint density at radius 2 is 1.71 bits per heavy atom. The second kappa shape index (κ2) is 6.29. The van der Waals surface area contributed by atoms with E-state index in [2.05, 4.69) is 86.2 Å². The molecule has 21 heavy (non-hydrogen) atoms. The van der Waals surface area contributed by atoms with Crippen molar-refractivity contribution in [2.45, 2.75) is 17.7 Å². The van der Waals surface area contributed by atoms with Crippen molar-refractivity contribution in [1.82, 2.24) is 4.98 Å². The van der Waals surface area contributed by atoms with Gasteiger partial charge in [-0.2, -0.15) is 0 Å². The molecule has 1 nitrogen and oxygen atoms in total. The molecule has 3 rings (SSSR count). The van der Waals surface area contributed by atoms with Crippen LogP contribution in [0, 0.1) is 0 Å². The summed E-state index contributed by atoms with van der Waals surface area (Å²) in [5.41, 5.74) is 2.39. The molecule has 0 saturated carbocycles. The van der Waals surface area contributed by atoms with Gasteiger partial charge < -0.3 is 0 Å². The van der Waals surface area contributed by atoms with Crippen molar-refractivity contribution in [3.63, 3.8) is 0 Å². The van der Waals surface area contributed by atoms with Crippen LogP contribution in [0.5, 0.6) is 0 Å². The predicted molar refractivity (Wildman–Crippen MR) is 96.0 cm³/mol. The molecule has 0 radical (unpaired) electrons. The Morgan fingerprint density at radius 1 is 0.952 bits per heavy atom. The third-order valence-corrected chi connectivity index (χ3v) is 5.55. The van der Waals surface area contributed by atoms with Crippen LogP contribution in [-0.2, 0) is 0 Å². The monoisotopic (exact) mass is 403 g/mol. The fourth-order valence-electron chi connectivity index (χ4n) is 2.49. The van der Waals surface area contributed by atoms with Crippen molar-refractivity contribution < 1.29 is 0 Å². The maximum atomic E-state index is 4.46. The van der Waals surface area contributed by atoms with Crippen LogP contribution < -0.4 is 0 Å². The van der Waals surface area contributed by atoms with Crippen molar-refractivity contribution in [1.29, 1.82) is 0 Å². The quantitative estimate of drug-likeness (QED) is 0.471. The molecule has 106 valence electrons. The van der Waals surface area contributed by atoms with Gasteiger partial charge in [0.1, 0.15) is 0 Å². The van der Waals surface area contributed by atoms with Gasteiger partial charge in [0.2, 0.25) is 0 Å². The van der Waals surface area contributed by atoms with Gasteiger partial charge in [-0.05, 0) is 46.7 Å². The molecule has 0 bridgehead atoms. The Bertz CT molecular complexity index is 756. The van der Waals surface area contributed by atoms with Crippen molar-refractivity contribution in [3.05, 3.63) is 76.5 Å². The molecule has 0 amide bonds. The molecule has 0 saturated heterocycles. The molecule has 2 unspecified atom stereocenters. The summed E-state index contributed by atoms with van der Waals surface area (Å²) >= 11 is 7.36. The smallest absolute Gasteiger partial charge is 0.0476 e. The molecule has 0 spiro atoms. The molecule has 2 atom stereocenters. The van der Waals surface area contributed by atoms with Crippen molar-refractivity contribution >= 4 is 42.6 Å². The Balaban J connectivity index is 1.94. The Hall–Kier alpha value is -1.19. The van der Waals surface area contributed by atoms with Gasteiger partial charge in [-0.25, -0.2) is 0 Å². The molecule has 3 aromatic rings. The lowest BCUT2D eigenvalue weighted by molar-refractivity contribution is 0.725. The summed E-state index contributed by atoms with van der Waals surface area (Å²) < 4.78 is 1.11. The summed E-state index contributed by atoms with van der Waals surface area (Å²) in [7, 11) is 0. The first-order valence-corrected chi connectivity index (χ1v) is 8.60. The van der Waals surface area contributed by atoms with Crippen molar-refractivity contribution in [3.8, 4) is 0 Å². The highest BCUT2D eigenvalue weighted by Crippen LogP contribution is 2.38. The highest BCUT2D eigenvalue weighted by molar-refractivity contribution is 9.10. The zero-order valence-corrected chi connectivity index (χ0v) is 14.8. The van der Waals surface area contributed by atoms with Crippen LogP contribution in [-0.4, -0.2) is 4.98 Å². The lowest BCUT2D eigenvalue weighted by Crippen LogP contribution is -2.04. The number of nitrogens with zero attached hydrogens (tertiary/aromatic N) is 1. The summed E-state index contributed by atoms with van der Waals surface area (Å²) in [4.78, 5) is 4.71. The van der Waals surface area contributed by atoms with E-state index < -0.39 is 0 Å². The summed E-state index contributed by atoms with van der Waals surface area (Å²) in [6, 6.07) is 19.1. The van der Waals surface area contributed by atoms with Crippen LogP contribution in [0.25, 0.3) is 10.8 Å². The number of fused-ring (bicyclic) bond motifs is 1. The molecule has 0 aliphatic rings. The van der Waals surface area contributed by atoms with Crippen LogP contribution in [0.2, 0.25) is 0 Å². The average Bonchev–Trinajstić information content (AvgIpc) is 2.53. The van der Waals surface area contributed by atoms with E-state index >= 15 is 0 Å². The van der Waals surface area contributed by atoms with Crippen LogP contribution in [0.1, 0.15) is 28.9 Å². The van der Waals surface area contributed by atoms with Crippen LogP contribution >= 0.6 is 31.9 Å². The largest absolute Gasteiger partial charge is 0.261 e. The third-order valence-electron chi connectivity index (χ3n) is 3.74. The number of benzene rings is 2. The van der Waals surface area contributed by atoms with Crippen molar-refractivity contribution in [2.75, 3.05) is 0 Å². The highest BCUT2D eigenvalue weighted by atomic mass is 79.9. The molecule has 0 aliphatic heterocycles. The fourth-order valence-corrected chi connectivity index (χ4v) is 3.42. The van der Waals surface area contributed by atoms with Gasteiger partial charge in [-0.3, -0.25) is 4.98 Å². The average molecular weight is 405 g/mol. The highest BCUT2D eigenvalue weighted by Gasteiger charge is 2.19.